The summed E-state index contributed by atoms with van der Waals surface area (Å²) in [6.45, 7) is 7.98. The van der Waals surface area contributed by atoms with Gasteiger partial charge in [0.2, 0.25) is 21.5 Å². The summed E-state index contributed by atoms with van der Waals surface area (Å²) >= 11 is 17.9. The number of nitrogens with one attached hydrogen (secondary N) is 3. The molecule has 15 rings (SSSR count). The van der Waals surface area contributed by atoms with Gasteiger partial charge in [-0.05, 0) is 128 Å². The summed E-state index contributed by atoms with van der Waals surface area (Å²) in [5, 5.41) is 71.5. The number of aliphatic hydroxyl groups is 4. The number of ether oxygens (including phenoxy) is 8. The number of aliphatic hydroxyl groups excluding tert-OH is 2. The molecule has 46 heteroatoms. The maximum absolute atomic E-state index is 13.5. The minimum Gasteiger partial charge on any atom is -0.479 e. The number of Topliss-reactive ketones (excluding diaryl/α,β-unsaturated/α-hetero) is 1. The van der Waals surface area contributed by atoms with Crippen molar-refractivity contribution >= 4 is 151 Å². The number of nitrogen functional groups attached to an aromatic ring is 3. The van der Waals surface area contributed by atoms with Gasteiger partial charge in [-0.1, -0.05) is 54.2 Å². The molecule has 6 aliphatic heterocycles. The average molecular weight is 1830 g/mol. The Morgan fingerprint density at radius 1 is 0.555 bits per heavy atom. The minimum atomic E-state index is -2.23. The second-order valence-corrected chi connectivity index (χ2v) is 31.5. The number of amides is 6. The van der Waals surface area contributed by atoms with Crippen LogP contribution in [-0.2, 0) is 81.1 Å². The number of rotatable bonds is 27. The molecule has 15 N–H and O–H groups in total. The van der Waals surface area contributed by atoms with Gasteiger partial charge in [0.05, 0.1) is 50.8 Å². The number of hydrogen-bond acceptors (Lipinski definition) is 32. The Kier molecular flexibility index (Phi) is 28.2. The van der Waals surface area contributed by atoms with E-state index in [0.717, 1.165) is 19.3 Å². The maximum atomic E-state index is 13.5. The van der Waals surface area contributed by atoms with Gasteiger partial charge in [0.15, 0.2) is 88.4 Å². The molecule has 0 spiro atoms. The highest BCUT2D eigenvalue weighted by atomic mass is 35.5. The third-order valence-corrected chi connectivity index (χ3v) is 22.9. The van der Waals surface area contributed by atoms with Crippen molar-refractivity contribution in [3.63, 3.8) is 0 Å². The van der Waals surface area contributed by atoms with Crippen molar-refractivity contribution in [2.75, 3.05) is 97.6 Å². The summed E-state index contributed by atoms with van der Waals surface area (Å²) < 4.78 is 50.8. The molecule has 0 aliphatic carbocycles. The number of halogens is 3. The standard InChI is InChI=1S/C32H36ClN7O8.2C25H26ClN7O7/c1-6-31(5)22(48-27(24(31)47-19(4)42)40-17-36-23-25(34)37-29(33)38-26(23)40)16-46-32(18(3)41,28(43)45-7-2)15-20-9-11-21(12-10-20)39-14-8-13-35-30(39)44;2*1-2-25(38)16(40-21(18(25)34)33-12-29-17-19(27)30-23(26)31-20(17)33)11-39-15(22(35)36)10-13-4-6-14(7-5-13)32-9-3-8-28-24(32)37/h1,9-12,17,22,24,27H,7-8,13-16H2,2-5H3,(H,35,44)(H2,34,37,38);2*1,4-7,12,15-16,18,21,34,38H,3,8-11H2,(H,28,37)(H,35,36)(H2,27,30,31)/t22-,24+,27-,31+,32?;15-,16+,18-,21+,25+;15-,16-,18+,21-,25-/m101/s1. The lowest BCUT2D eigenvalue weighted by Gasteiger charge is -2.33. The molecule has 3 aromatic carbocycles. The van der Waals surface area contributed by atoms with Gasteiger partial charge >= 0.3 is 42.0 Å². The summed E-state index contributed by atoms with van der Waals surface area (Å²) in [7, 11) is 0. The van der Waals surface area contributed by atoms with Gasteiger partial charge in [-0.15, -0.1) is 19.3 Å². The number of carbonyl (C=O) groups excluding carboxylic acids is 6. The van der Waals surface area contributed by atoms with Gasteiger partial charge in [0.25, 0.3) is 0 Å². The van der Waals surface area contributed by atoms with Gasteiger partial charge in [0, 0.05) is 82.5 Å². The topological polar surface area (TPSA) is 586 Å². The van der Waals surface area contributed by atoms with Crippen molar-refractivity contribution in [3.05, 3.63) is 124 Å². The quantitative estimate of drug-likeness (QED) is 0.0152. The average Bonchev–Trinajstić information content (AvgIpc) is 1.60. The molecule has 6 fully saturated rings. The van der Waals surface area contributed by atoms with Crippen LogP contribution in [0.25, 0.3) is 33.5 Å². The number of terminal acetylenes is 3. The molecule has 12 heterocycles. The first-order chi connectivity index (χ1) is 61.1. The van der Waals surface area contributed by atoms with Gasteiger partial charge in [0.1, 0.15) is 47.1 Å². The normalized spacial score (nSPS) is 24.8. The predicted molar refractivity (Wildman–Crippen MR) is 455 cm³/mol. The van der Waals surface area contributed by atoms with E-state index >= 15 is 0 Å². The second-order valence-electron chi connectivity index (χ2n) is 30.5. The van der Waals surface area contributed by atoms with Crippen LogP contribution in [0.1, 0.15) is 82.3 Å². The van der Waals surface area contributed by atoms with Crippen molar-refractivity contribution in [2.24, 2.45) is 5.41 Å². The summed E-state index contributed by atoms with van der Waals surface area (Å²) in [5.41, 5.74) is 14.8. The molecule has 6 aromatic heterocycles. The van der Waals surface area contributed by atoms with Crippen LogP contribution in [0.15, 0.2) is 91.8 Å². The van der Waals surface area contributed by atoms with Gasteiger partial charge in [-0.25, -0.2) is 43.7 Å². The number of aromatic nitrogens is 12. The van der Waals surface area contributed by atoms with Crippen molar-refractivity contribution < 1.29 is 107 Å². The minimum absolute atomic E-state index is 0.00450. The monoisotopic (exact) mass is 1820 g/mol. The number of carbonyl (C=O) groups is 8. The Morgan fingerprint density at radius 3 is 1.24 bits per heavy atom. The summed E-state index contributed by atoms with van der Waals surface area (Å²) in [6, 6.07) is 20.1. The smallest absolute Gasteiger partial charge is 0.346 e. The lowest BCUT2D eigenvalue weighted by Crippen LogP contribution is -2.53. The van der Waals surface area contributed by atoms with E-state index in [2.05, 4.69) is 78.6 Å². The number of carboxylic acids is 2. The van der Waals surface area contributed by atoms with Crippen molar-refractivity contribution in [2.45, 2.75) is 151 Å². The molecular weight excluding hydrogens is 1740 g/mol. The highest BCUT2D eigenvalue weighted by molar-refractivity contribution is 6.29. The van der Waals surface area contributed by atoms with Crippen LogP contribution < -0.4 is 47.9 Å². The molecule has 43 nitrogen and oxygen atoms in total. The van der Waals surface area contributed by atoms with E-state index in [-0.39, 0.29) is 117 Å². The summed E-state index contributed by atoms with van der Waals surface area (Å²) in [4.78, 5) is 141. The van der Waals surface area contributed by atoms with Gasteiger partial charge in [-0.2, -0.15) is 29.9 Å². The van der Waals surface area contributed by atoms with Crippen LogP contribution in [0.5, 0.6) is 0 Å². The first kappa shape index (κ1) is 92.9. The van der Waals surface area contributed by atoms with E-state index in [1.54, 1.807) is 101 Å². The zero-order valence-corrected chi connectivity index (χ0v) is 71.1. The lowest BCUT2D eigenvalue weighted by atomic mass is 9.81. The molecule has 9 aromatic rings. The highest BCUT2D eigenvalue weighted by Crippen LogP contribution is 2.48. The first-order valence-corrected chi connectivity index (χ1v) is 41.0. The summed E-state index contributed by atoms with van der Waals surface area (Å²) in [6.07, 6.45) is 8.94. The lowest BCUT2D eigenvalue weighted by molar-refractivity contribution is -0.182. The number of carboxylic acid groups (broad SMARTS) is 2. The number of nitrogens with two attached hydrogens (primary N) is 3. The number of hydrogen-bond donors (Lipinski definition) is 12. The molecule has 6 aliphatic rings. The zero-order chi connectivity index (χ0) is 92.0. The maximum Gasteiger partial charge on any atom is 0.346 e. The molecule has 0 bridgehead atoms. The van der Waals surface area contributed by atoms with Crippen molar-refractivity contribution in [3.8, 4) is 37.0 Å². The van der Waals surface area contributed by atoms with Gasteiger partial charge in [-0.3, -0.25) is 38.0 Å². The number of fused-ring (bicyclic) bond motifs is 3. The summed E-state index contributed by atoms with van der Waals surface area (Å²) in [5.74, 6) is 2.36. The third-order valence-electron chi connectivity index (χ3n) is 22.4. The number of ketones is 1. The fraction of sp³-hybridized carbons (Fsp3) is 0.427. The van der Waals surface area contributed by atoms with Crippen LogP contribution in [0.2, 0.25) is 15.9 Å². The Labute approximate surface area is 743 Å². The van der Waals surface area contributed by atoms with E-state index in [4.69, 9.17) is 109 Å². The van der Waals surface area contributed by atoms with Gasteiger partial charge < -0.3 is 102 Å². The molecule has 674 valence electrons. The molecule has 6 amide bonds. The number of nitrogens with zero attached hydrogens (tertiary/aromatic N) is 15. The van der Waals surface area contributed by atoms with Crippen LogP contribution in [0.4, 0.5) is 48.9 Å². The molecular formula is C82H88Cl3N21O22. The van der Waals surface area contributed by atoms with E-state index < -0.39 is 133 Å². The van der Waals surface area contributed by atoms with E-state index in [1.165, 1.54) is 46.5 Å². The molecule has 15 atom stereocenters. The fourth-order valence-electron chi connectivity index (χ4n) is 15.4. The number of esters is 2. The van der Waals surface area contributed by atoms with E-state index in [0.29, 0.717) is 73.0 Å². The number of anilines is 6. The molecule has 1 unspecified atom stereocenters. The largest absolute Gasteiger partial charge is 0.479 e. The van der Waals surface area contributed by atoms with Crippen LogP contribution in [0, 0.1) is 42.4 Å². The number of urea groups is 3. The van der Waals surface area contributed by atoms with E-state index in [9.17, 15) is 69.0 Å². The Morgan fingerprint density at radius 2 is 0.914 bits per heavy atom. The SMILES string of the molecule is C#C[C@@]1(C)[C@@H](COC(Cc2ccc(N3CCCNC3=O)cc2)(C(C)=O)C(=O)OCC)O[C@@H](n2cnc3c(N)nc(Cl)nc32)[C@@H]1OC(C)=O.C#C[C@@]1(O)[C@@H](CO[C@@H](Cc2ccc(N3CCCNC3=O)cc2)C(=O)O)O[C@@H](n2cnc3c(N)nc(Cl)nc32)[C@@H]1O.C#C[C@@]1(O)[C@@H](CO[C@H](Cc2ccc(N3CCCNC3=O)cc2)C(=O)O)O[C@@H](n2cnc3c(N)nc(Cl)nc32)[C@@H]1O. The predicted octanol–water partition coefficient (Wildman–Crippen LogP) is 3.23. The zero-order valence-electron chi connectivity index (χ0n) is 68.8. The van der Waals surface area contributed by atoms with Crippen molar-refractivity contribution in [1.82, 2.24) is 74.5 Å². The van der Waals surface area contributed by atoms with Crippen LogP contribution in [0.3, 0.4) is 0 Å². The Balaban J connectivity index is 0.000000165. The number of imidazole rings is 3. The number of benzene rings is 3. The highest BCUT2D eigenvalue weighted by Gasteiger charge is 2.60. The molecule has 6 saturated heterocycles. The van der Waals surface area contributed by atoms with E-state index in [1.807, 2.05) is 0 Å². The Bertz CT molecular complexity index is 5620. The second kappa shape index (κ2) is 38.8. The molecule has 128 heavy (non-hydrogen) atoms. The van der Waals surface area contributed by atoms with Crippen LogP contribution in [-0.4, -0.2) is 268 Å². The van der Waals surface area contributed by atoms with Crippen LogP contribution >= 0.6 is 34.8 Å². The fourth-order valence-corrected chi connectivity index (χ4v) is 15.9. The molecule has 0 saturated carbocycles. The first-order valence-electron chi connectivity index (χ1n) is 39.9. The van der Waals surface area contributed by atoms with Crippen molar-refractivity contribution in [1.29, 1.82) is 0 Å². The third kappa shape index (κ3) is 19.0. The number of aliphatic carboxylic acids is 2. The Hall–Kier alpha value is -12.8. The molecule has 0 radical (unpaired) electrons.